The van der Waals surface area contributed by atoms with E-state index in [1.807, 2.05) is 4.90 Å². The first-order valence-corrected chi connectivity index (χ1v) is 20.6. The third kappa shape index (κ3) is 15.4. The van der Waals surface area contributed by atoms with Crippen LogP contribution in [0, 0.1) is 17.5 Å². The van der Waals surface area contributed by atoms with Gasteiger partial charge in [0.25, 0.3) is 5.91 Å². The lowest BCUT2D eigenvalue weighted by atomic mass is 10.0. The van der Waals surface area contributed by atoms with Crippen molar-refractivity contribution in [3.05, 3.63) is 64.3 Å². The van der Waals surface area contributed by atoms with Gasteiger partial charge in [-0.15, -0.1) is 5.10 Å². The van der Waals surface area contributed by atoms with E-state index < -0.39 is 97.0 Å². The predicted octanol–water partition coefficient (Wildman–Crippen LogP) is 0.494. The van der Waals surface area contributed by atoms with Gasteiger partial charge >= 0.3 is 6.18 Å². The number of aliphatic hydroxyl groups is 5. The topological polar surface area (TPSA) is 247 Å². The number of imidazole rings is 1. The molecule has 0 saturated carbocycles. The van der Waals surface area contributed by atoms with Crippen LogP contribution in [0.15, 0.2) is 18.3 Å². The van der Waals surface area contributed by atoms with E-state index >= 15 is 0 Å². The summed E-state index contributed by atoms with van der Waals surface area (Å²) in [4.78, 5) is 32.7. The molecule has 3 aromatic rings. The lowest BCUT2D eigenvalue weighted by molar-refractivity contribution is -0.148. The quantitative estimate of drug-likeness (QED) is 0.0313. The Bertz CT molecular complexity index is 1910. The molecule has 1 aliphatic heterocycles. The molecule has 4 rings (SSSR count). The number of nitrogens with one attached hydrogen (secondary N) is 1. The number of hydrogen-bond acceptors (Lipinski definition) is 14. The molecule has 24 heteroatoms. The number of aromatic nitrogens is 5. The number of nitrogens with two attached hydrogens (primary N) is 1. The average Bonchev–Trinajstić information content (AvgIpc) is 3.87. The molecule has 63 heavy (non-hydrogen) atoms. The van der Waals surface area contributed by atoms with Gasteiger partial charge in [-0.25, -0.2) is 22.8 Å². The smallest absolute Gasteiger partial charge is 0.394 e. The number of carbonyl (C=O) groups is 2. The third-order valence-electron chi connectivity index (χ3n) is 10.3. The molecule has 0 bridgehead atoms. The first-order chi connectivity index (χ1) is 29.9. The Hall–Kier alpha value is -4.27. The summed E-state index contributed by atoms with van der Waals surface area (Å²) in [5.41, 5.74) is 5.63. The Kier molecular flexibility index (Phi) is 20.1. The number of hydrogen-bond donors (Lipinski definition) is 7. The van der Waals surface area contributed by atoms with Crippen molar-refractivity contribution >= 4 is 11.8 Å². The average molecular weight is 910 g/mol. The van der Waals surface area contributed by atoms with Crippen LogP contribution >= 0.6 is 0 Å². The van der Waals surface area contributed by atoms with Crippen molar-refractivity contribution in [2.75, 3.05) is 59.2 Å². The number of aliphatic hydroxyl groups excluding tert-OH is 5. The van der Waals surface area contributed by atoms with Crippen LogP contribution in [-0.2, 0) is 53.0 Å². The number of alkyl halides is 3. The van der Waals surface area contributed by atoms with Gasteiger partial charge in [-0.3, -0.25) is 14.5 Å². The SMILES string of the molecule is CCCCCCN(Cc1cn(CCOCCOCCNC(=O)c2nc(C(F)(F)F)n3c2CN(C(=O)CC(N)Cc2cc(F)c(F)cc2F)CC3)nn1)CC(O)C(O)C(O)C(O)CO. The normalized spacial score (nSPS) is 15.6. The van der Waals surface area contributed by atoms with Crippen LogP contribution < -0.4 is 11.1 Å². The molecule has 1 aromatic carbocycles. The molecule has 18 nitrogen and oxygen atoms in total. The van der Waals surface area contributed by atoms with Crippen molar-refractivity contribution < 1.29 is 70.9 Å². The van der Waals surface area contributed by atoms with E-state index in [0.717, 1.165) is 30.3 Å². The second-order valence-electron chi connectivity index (χ2n) is 15.3. The van der Waals surface area contributed by atoms with Crippen molar-refractivity contribution in [2.45, 2.75) is 108 Å². The molecule has 5 unspecified atom stereocenters. The summed E-state index contributed by atoms with van der Waals surface area (Å²) in [6, 6.07) is -0.0328. The van der Waals surface area contributed by atoms with Crippen LogP contribution in [-0.4, -0.2) is 161 Å². The number of ether oxygens (including phenoxy) is 2. The summed E-state index contributed by atoms with van der Waals surface area (Å²) >= 11 is 0. The second kappa shape index (κ2) is 24.7. The lowest BCUT2D eigenvalue weighted by Crippen LogP contribution is -2.49. The Balaban J connectivity index is 1.19. The van der Waals surface area contributed by atoms with Crippen molar-refractivity contribution in [1.82, 2.24) is 39.7 Å². The second-order valence-corrected chi connectivity index (χ2v) is 15.3. The number of halogens is 6. The molecule has 0 radical (unpaired) electrons. The molecule has 5 atom stereocenters. The monoisotopic (exact) mass is 909 g/mol. The van der Waals surface area contributed by atoms with Gasteiger partial charge in [0.15, 0.2) is 17.3 Å². The highest BCUT2D eigenvalue weighted by Crippen LogP contribution is 2.32. The van der Waals surface area contributed by atoms with Crippen molar-refractivity contribution in [1.29, 1.82) is 0 Å². The summed E-state index contributed by atoms with van der Waals surface area (Å²) in [5.74, 6) is -6.56. The first kappa shape index (κ1) is 51.4. The number of rotatable bonds is 27. The Morgan fingerprint density at radius 1 is 0.952 bits per heavy atom. The molecule has 0 aliphatic carbocycles. The fourth-order valence-corrected chi connectivity index (χ4v) is 6.89. The number of fused-ring (bicyclic) bond motifs is 1. The van der Waals surface area contributed by atoms with Gasteiger partial charge < -0.3 is 55.5 Å². The predicted molar refractivity (Wildman–Crippen MR) is 210 cm³/mol. The van der Waals surface area contributed by atoms with Gasteiger partial charge in [0.05, 0.1) is 63.6 Å². The van der Waals surface area contributed by atoms with Crippen LogP contribution in [0.1, 0.15) is 72.3 Å². The van der Waals surface area contributed by atoms with Crippen molar-refractivity contribution in [3.63, 3.8) is 0 Å². The van der Waals surface area contributed by atoms with Crippen LogP contribution in [0.4, 0.5) is 26.3 Å². The lowest BCUT2D eigenvalue weighted by Gasteiger charge is -2.30. The maximum absolute atomic E-state index is 14.1. The zero-order chi connectivity index (χ0) is 46.3. The molecule has 1 aliphatic rings. The van der Waals surface area contributed by atoms with E-state index in [0.29, 0.717) is 30.9 Å². The van der Waals surface area contributed by atoms with E-state index in [1.54, 1.807) is 10.9 Å². The van der Waals surface area contributed by atoms with Crippen LogP contribution in [0.2, 0.25) is 0 Å². The fourth-order valence-electron chi connectivity index (χ4n) is 6.89. The number of benzene rings is 1. The van der Waals surface area contributed by atoms with Gasteiger partial charge in [-0.1, -0.05) is 31.4 Å². The highest BCUT2D eigenvalue weighted by Gasteiger charge is 2.42. The molecule has 0 fully saturated rings. The summed E-state index contributed by atoms with van der Waals surface area (Å²) in [7, 11) is 0. The van der Waals surface area contributed by atoms with E-state index in [4.69, 9.17) is 20.3 Å². The van der Waals surface area contributed by atoms with Gasteiger partial charge in [0.2, 0.25) is 11.7 Å². The number of carbonyl (C=O) groups excluding carboxylic acids is 2. The van der Waals surface area contributed by atoms with Crippen molar-refractivity contribution in [2.24, 2.45) is 5.73 Å². The van der Waals surface area contributed by atoms with Gasteiger partial charge in [0.1, 0.15) is 24.1 Å². The van der Waals surface area contributed by atoms with Crippen molar-refractivity contribution in [3.8, 4) is 0 Å². The summed E-state index contributed by atoms with van der Waals surface area (Å²) < 4.78 is 96.2. The fraction of sp³-hybridized carbons (Fsp3) is 0.667. The van der Waals surface area contributed by atoms with E-state index in [2.05, 4.69) is 27.5 Å². The van der Waals surface area contributed by atoms with E-state index in [1.165, 1.54) is 4.90 Å². The summed E-state index contributed by atoms with van der Waals surface area (Å²) in [6.45, 7) is 1.90. The maximum Gasteiger partial charge on any atom is 0.449 e. The molecule has 354 valence electrons. The molecular weight excluding hydrogens is 852 g/mol. The van der Waals surface area contributed by atoms with Crippen LogP contribution in [0.5, 0.6) is 0 Å². The van der Waals surface area contributed by atoms with Crippen LogP contribution in [0.3, 0.4) is 0 Å². The minimum absolute atomic E-state index is 0.0214. The van der Waals surface area contributed by atoms with Gasteiger partial charge in [-0.2, -0.15) is 13.2 Å². The molecule has 2 amide bonds. The molecule has 3 heterocycles. The van der Waals surface area contributed by atoms with Gasteiger partial charge in [0, 0.05) is 57.4 Å². The Morgan fingerprint density at radius 3 is 2.35 bits per heavy atom. The van der Waals surface area contributed by atoms with E-state index in [9.17, 15) is 56.4 Å². The van der Waals surface area contributed by atoms with E-state index in [-0.39, 0.29) is 76.8 Å². The summed E-state index contributed by atoms with van der Waals surface area (Å²) in [6.07, 6.45) is -6.57. The largest absolute Gasteiger partial charge is 0.449 e. The molecule has 0 spiro atoms. The molecule has 8 N–H and O–H groups in total. The maximum atomic E-state index is 14.1. The number of nitrogens with zero attached hydrogens (tertiary/aromatic N) is 7. The molecule has 2 aromatic heterocycles. The highest BCUT2D eigenvalue weighted by atomic mass is 19.4. The third-order valence-corrected chi connectivity index (χ3v) is 10.3. The zero-order valence-electron chi connectivity index (χ0n) is 34.9. The minimum Gasteiger partial charge on any atom is -0.394 e. The Labute approximate surface area is 359 Å². The molecule has 0 saturated heterocycles. The Morgan fingerprint density at radius 2 is 1.65 bits per heavy atom. The first-order valence-electron chi connectivity index (χ1n) is 20.6. The highest BCUT2D eigenvalue weighted by molar-refractivity contribution is 5.93. The zero-order valence-corrected chi connectivity index (χ0v) is 34.9. The van der Waals surface area contributed by atoms with Gasteiger partial charge in [-0.05, 0) is 31.0 Å². The number of unbranched alkanes of at least 4 members (excludes halogenated alkanes) is 3. The summed E-state index contributed by atoms with van der Waals surface area (Å²) in [5, 5.41) is 60.3. The molecular formula is C39H57F6N9O9. The number of amides is 2. The standard InChI is InChI=1S/C39H57F6N9O9/c1-2-3-4-5-7-51(22-31(56)35(59)36(60)32(57)23-55)19-26-20-53(50-49-26)10-12-63-14-13-62-11-6-47-37(61)34-30-21-52(8-9-54(30)38(48-34)39(43,44)45)33(58)17-25(46)15-24-16-28(41)29(42)18-27(24)40/h16,18,20,25,31-32,35-36,55-57,59-60H,2-15,17,19,21-23,46H2,1H3,(H,47,61). The minimum atomic E-state index is -4.90. The van der Waals surface area contributed by atoms with Crippen LogP contribution in [0.25, 0.3) is 0 Å².